The quantitative estimate of drug-likeness (QED) is 0.144. The van der Waals surface area contributed by atoms with Crippen LogP contribution in [0.15, 0.2) is 48.9 Å². The lowest BCUT2D eigenvalue weighted by Crippen LogP contribution is -2.59. The van der Waals surface area contributed by atoms with Crippen molar-refractivity contribution in [3.63, 3.8) is 0 Å². The minimum Gasteiger partial charge on any atom is -0.483 e. The molecule has 4 aromatic rings. The van der Waals surface area contributed by atoms with Gasteiger partial charge in [0.2, 0.25) is 0 Å². The van der Waals surface area contributed by atoms with Crippen LogP contribution in [0.2, 0.25) is 5.02 Å². The number of alkyl halides is 3. The first kappa shape index (κ1) is 38.7. The van der Waals surface area contributed by atoms with Crippen LogP contribution in [-0.2, 0) is 22.3 Å². The number of aromatic nitrogens is 5. The number of carboxylic acid groups (broad SMARTS) is 1. The van der Waals surface area contributed by atoms with Crippen molar-refractivity contribution in [2.24, 2.45) is 0 Å². The molecule has 1 aromatic carbocycles. The second kappa shape index (κ2) is 16.4. The number of piperazine rings is 1. The second-order valence-electron chi connectivity index (χ2n) is 12.1. The molecule has 0 atom stereocenters. The lowest BCUT2D eigenvalue weighted by atomic mass is 9.90. The first-order valence-corrected chi connectivity index (χ1v) is 16.7. The maximum Gasteiger partial charge on any atom is 0.435 e. The molecule has 0 aliphatic carbocycles. The van der Waals surface area contributed by atoms with Crippen molar-refractivity contribution in [3.05, 3.63) is 76.6 Å². The summed E-state index contributed by atoms with van der Waals surface area (Å²) in [5.74, 6) is -1.37. The predicted octanol–water partition coefficient (Wildman–Crippen LogP) is 2.40. The van der Waals surface area contributed by atoms with Crippen molar-refractivity contribution in [3.8, 4) is 17.1 Å². The Hall–Kier alpha value is -5.53. The van der Waals surface area contributed by atoms with Gasteiger partial charge in [-0.1, -0.05) is 17.7 Å². The average Bonchev–Trinajstić information content (AvgIpc) is 3.83. The largest absolute Gasteiger partial charge is 0.483 e. The highest BCUT2D eigenvalue weighted by atomic mass is 35.5. The number of pyridine rings is 1. The number of nitrogens with zero attached hydrogens (tertiary/aromatic N) is 6. The molecule has 53 heavy (non-hydrogen) atoms. The fourth-order valence-electron chi connectivity index (χ4n) is 5.88. The predicted molar refractivity (Wildman–Crippen MR) is 184 cm³/mol. The number of imidazole rings is 1. The fraction of sp³-hybridized carbons (Fsp3) is 0.364. The van der Waals surface area contributed by atoms with E-state index in [0.717, 1.165) is 17.1 Å². The molecular formula is C33H36ClF3N10O6. The minimum atomic E-state index is -4.80. The number of benzene rings is 1. The maximum atomic E-state index is 13.9. The number of H-pyrrole nitrogens is 1. The zero-order chi connectivity index (χ0) is 38.3. The summed E-state index contributed by atoms with van der Waals surface area (Å²) in [5.41, 5.74) is -1.46. The first-order valence-electron chi connectivity index (χ1n) is 16.3. The zero-order valence-electron chi connectivity index (χ0n) is 28.3. The Morgan fingerprint density at radius 3 is 2.32 bits per heavy atom. The van der Waals surface area contributed by atoms with E-state index in [1.807, 2.05) is 0 Å². The summed E-state index contributed by atoms with van der Waals surface area (Å²) >= 11 is 6.47. The zero-order valence-corrected chi connectivity index (χ0v) is 29.0. The number of carbonyl (C=O) groups is 4. The number of aromatic amines is 1. The molecule has 2 fully saturated rings. The first-order chi connectivity index (χ1) is 25.3. The Morgan fingerprint density at radius 1 is 1.04 bits per heavy atom. The van der Waals surface area contributed by atoms with E-state index in [-0.39, 0.29) is 71.4 Å². The average molecular weight is 761 g/mol. The number of hydrogen-bond donors (Lipinski definition) is 6. The van der Waals surface area contributed by atoms with Crippen LogP contribution in [0, 0.1) is 0 Å². The fourth-order valence-corrected chi connectivity index (χ4v) is 6.16. The lowest BCUT2D eigenvalue weighted by molar-refractivity contribution is -0.155. The third-order valence-electron chi connectivity index (χ3n) is 8.73. The van der Waals surface area contributed by atoms with Gasteiger partial charge >= 0.3 is 6.18 Å². The monoisotopic (exact) mass is 760 g/mol. The molecule has 0 unspecified atom stereocenters. The third-order valence-corrected chi connectivity index (χ3v) is 9.05. The van der Waals surface area contributed by atoms with E-state index < -0.39 is 23.4 Å². The van der Waals surface area contributed by atoms with E-state index in [9.17, 15) is 32.7 Å². The van der Waals surface area contributed by atoms with Gasteiger partial charge in [-0.15, -0.1) is 0 Å². The molecule has 0 radical (unpaired) electrons. The molecule has 5 heterocycles. The van der Waals surface area contributed by atoms with Gasteiger partial charge in [0.05, 0.1) is 39.9 Å². The number of halogens is 4. The van der Waals surface area contributed by atoms with E-state index >= 15 is 0 Å². The SMILES string of the molecule is CNc1ccc(-n2cc(-c3cnc(C(=O)NCc4ccc(C(=O)N5CCN(C(=O)C6(O)CCNCC6)CC5)c(Cl)c4)[nH]3)c(C(F)(F)F)n2)nc1.O=CO. The summed E-state index contributed by atoms with van der Waals surface area (Å²) in [6.07, 6.45) is -0.381. The molecule has 2 saturated heterocycles. The van der Waals surface area contributed by atoms with E-state index in [2.05, 4.69) is 36.0 Å². The van der Waals surface area contributed by atoms with Gasteiger partial charge in [-0.25, -0.2) is 14.6 Å². The van der Waals surface area contributed by atoms with Crippen LogP contribution < -0.4 is 16.0 Å². The van der Waals surface area contributed by atoms with Crippen LogP contribution in [0.5, 0.6) is 0 Å². The van der Waals surface area contributed by atoms with Crippen molar-refractivity contribution in [2.45, 2.75) is 31.2 Å². The van der Waals surface area contributed by atoms with Gasteiger partial charge in [0, 0.05) is 46.0 Å². The summed E-state index contributed by atoms with van der Waals surface area (Å²) in [5, 5.41) is 30.2. The molecule has 282 valence electrons. The molecule has 3 amide bonds. The van der Waals surface area contributed by atoms with Crippen molar-refractivity contribution >= 4 is 41.5 Å². The Bertz CT molecular complexity index is 1940. The smallest absolute Gasteiger partial charge is 0.435 e. The van der Waals surface area contributed by atoms with Crippen molar-refractivity contribution in [1.29, 1.82) is 0 Å². The minimum absolute atomic E-state index is 0.0116. The molecule has 0 spiro atoms. The number of rotatable bonds is 8. The molecule has 20 heteroatoms. The molecule has 2 aliphatic rings. The number of piperidine rings is 1. The lowest BCUT2D eigenvalue weighted by Gasteiger charge is -2.40. The molecule has 6 rings (SSSR count). The highest BCUT2D eigenvalue weighted by Crippen LogP contribution is 2.36. The standard InChI is InChI=1S/C32H34ClF3N10O4.CH2O2/c1-37-20-3-5-25(39-16-20)46-18-22(26(43-46)32(34,35)36)24-17-40-27(42-24)28(47)41-15-19-2-4-21(23(33)14-19)29(48)44-10-12-45(13-11-44)30(49)31(50)6-8-38-9-7-31;2-1-3/h2-5,14,16-18,37-38,50H,6-13,15H2,1H3,(H,40,42)(H,41,47);1H,(H,2,3). The highest BCUT2D eigenvalue weighted by molar-refractivity contribution is 6.33. The molecule has 2 aliphatic heterocycles. The van der Waals surface area contributed by atoms with Crippen LogP contribution in [-0.4, -0.2) is 121 Å². The summed E-state index contributed by atoms with van der Waals surface area (Å²) in [4.78, 5) is 61.4. The van der Waals surface area contributed by atoms with Gasteiger partial charge in [0.25, 0.3) is 24.2 Å². The van der Waals surface area contributed by atoms with Crippen LogP contribution >= 0.6 is 11.6 Å². The van der Waals surface area contributed by atoms with Gasteiger partial charge in [-0.05, 0) is 55.8 Å². The Kier molecular flexibility index (Phi) is 12.0. The molecule has 6 N–H and O–H groups in total. The molecule has 0 saturated carbocycles. The summed E-state index contributed by atoms with van der Waals surface area (Å²) < 4.78 is 42.7. The van der Waals surface area contributed by atoms with Gasteiger partial charge in [0.15, 0.2) is 17.3 Å². The number of hydrogen-bond acceptors (Lipinski definition) is 10. The normalized spacial score (nSPS) is 15.6. The number of aliphatic hydroxyl groups is 1. The molecule has 3 aromatic heterocycles. The summed E-state index contributed by atoms with van der Waals surface area (Å²) in [7, 11) is 1.69. The van der Waals surface area contributed by atoms with Gasteiger partial charge < -0.3 is 40.9 Å². The summed E-state index contributed by atoms with van der Waals surface area (Å²) in [6.45, 7) is 2.01. The Balaban J connectivity index is 0.00000175. The number of nitrogens with one attached hydrogen (secondary N) is 4. The van der Waals surface area contributed by atoms with Crippen molar-refractivity contribution in [1.82, 2.24) is 45.2 Å². The van der Waals surface area contributed by atoms with E-state index in [1.165, 1.54) is 18.3 Å². The molecule has 16 nitrogen and oxygen atoms in total. The molecule has 0 bridgehead atoms. The van der Waals surface area contributed by atoms with E-state index in [0.29, 0.717) is 50.3 Å². The number of amides is 3. The van der Waals surface area contributed by atoms with Gasteiger partial charge in [-0.3, -0.25) is 19.2 Å². The Labute approximate surface area is 305 Å². The van der Waals surface area contributed by atoms with Crippen LogP contribution in [0.1, 0.15) is 45.1 Å². The summed E-state index contributed by atoms with van der Waals surface area (Å²) in [6, 6.07) is 7.86. The topological polar surface area (TPSA) is 211 Å². The highest BCUT2D eigenvalue weighted by Gasteiger charge is 2.41. The third kappa shape index (κ3) is 8.93. The van der Waals surface area contributed by atoms with Crippen LogP contribution in [0.25, 0.3) is 17.1 Å². The number of carbonyl (C=O) groups excluding carboxylic acids is 3. The van der Waals surface area contributed by atoms with Crippen molar-refractivity contribution < 1.29 is 42.6 Å². The second-order valence-corrected chi connectivity index (χ2v) is 12.5. The van der Waals surface area contributed by atoms with E-state index in [1.54, 1.807) is 35.0 Å². The molecular weight excluding hydrogens is 725 g/mol. The maximum absolute atomic E-state index is 13.9. The van der Waals surface area contributed by atoms with Crippen LogP contribution in [0.3, 0.4) is 0 Å². The Morgan fingerprint density at radius 2 is 1.72 bits per heavy atom. The van der Waals surface area contributed by atoms with E-state index in [4.69, 9.17) is 21.5 Å². The van der Waals surface area contributed by atoms with Crippen molar-refractivity contribution in [2.75, 3.05) is 51.6 Å². The van der Waals surface area contributed by atoms with Gasteiger partial charge in [0.1, 0.15) is 5.60 Å². The van der Waals surface area contributed by atoms with Gasteiger partial charge in [-0.2, -0.15) is 18.3 Å². The van der Waals surface area contributed by atoms with Crippen LogP contribution in [0.4, 0.5) is 18.9 Å². The number of anilines is 1.